The molecule has 21 heteroatoms. The molecule has 0 unspecified atom stereocenters. The zero-order chi connectivity index (χ0) is 93.0. The fourth-order valence-electron chi connectivity index (χ4n) is 23.1. The molecule has 135 heavy (non-hydrogen) atoms. The van der Waals surface area contributed by atoms with Gasteiger partial charge in [0.05, 0.1) is 26.4 Å². The van der Waals surface area contributed by atoms with Crippen LogP contribution in [0.5, 0.6) is 23.0 Å². The molecule has 8 saturated heterocycles. The second kappa shape index (κ2) is 43.7. The molecular formula is C114H132N10O11. The molecule has 0 bridgehead atoms. The molecule has 10 aromatic carbocycles. The van der Waals surface area contributed by atoms with Gasteiger partial charge in [-0.2, -0.15) is 0 Å². The van der Waals surface area contributed by atoms with Crippen molar-refractivity contribution in [1.82, 2.24) is 49.2 Å². The van der Waals surface area contributed by atoms with Gasteiger partial charge in [-0.1, -0.05) is 216 Å². The summed E-state index contributed by atoms with van der Waals surface area (Å²) in [6.07, 6.45) is 14.2. The summed E-state index contributed by atoms with van der Waals surface area (Å²) in [7, 11) is 5.40. The minimum atomic E-state index is 0.0242. The highest BCUT2D eigenvalue weighted by Gasteiger charge is 2.54. The number of methoxy groups -OCH3 is 3. The van der Waals surface area contributed by atoms with E-state index in [9.17, 15) is 19.5 Å². The molecule has 0 saturated carbocycles. The number of ether oxygens (including phenoxy) is 7. The summed E-state index contributed by atoms with van der Waals surface area (Å²) >= 11 is 0. The average molecular weight is 1820 g/mol. The van der Waals surface area contributed by atoms with Crippen molar-refractivity contribution in [3.8, 4) is 67.5 Å². The molecule has 1 N–H and O–H groups in total. The van der Waals surface area contributed by atoms with E-state index in [1.165, 1.54) is 114 Å². The topological polar surface area (TPSA) is 188 Å². The van der Waals surface area contributed by atoms with E-state index in [1.807, 2.05) is 64.5 Å². The second-order valence-corrected chi connectivity index (χ2v) is 38.5. The van der Waals surface area contributed by atoms with Crippen LogP contribution in [-0.4, -0.2) is 260 Å². The van der Waals surface area contributed by atoms with Crippen molar-refractivity contribution in [2.24, 2.45) is 0 Å². The lowest BCUT2D eigenvalue weighted by Gasteiger charge is -2.57. The number of aliphatic hydroxyl groups excluding tert-OH is 1. The van der Waals surface area contributed by atoms with E-state index >= 15 is 0 Å². The zero-order valence-corrected chi connectivity index (χ0v) is 79.7. The predicted molar refractivity (Wildman–Crippen MR) is 531 cm³/mol. The molecule has 8 fully saturated rings. The molecule has 21 rings (SSSR count). The molecule has 3 amide bonds. The van der Waals surface area contributed by atoms with Crippen LogP contribution in [-0.2, 0) is 25.5 Å². The number of carbonyl (C=O) groups is 3. The summed E-state index contributed by atoms with van der Waals surface area (Å²) in [5.74, 6) is 4.33. The highest BCUT2D eigenvalue weighted by molar-refractivity contribution is 5.96. The first kappa shape index (κ1) is 93.9. The third-order valence-electron chi connectivity index (χ3n) is 29.9. The standard InChI is InChI=1S/C31H34N2O4.C30H32N2O4.C28H34N4O.C25H32N2O2/c1-21-6-5-7-24(16-21)22-8-10-23(11-9-22)30-26-18-32(14-3-4-15-33(26)27(30)19-35-2)31(34)25-12-13-28-29(17-25)37-20-36-28;1-20-5-4-6-23(15-20)21-7-9-22(10-8-21)29-25-17-31(13-2-3-14-32(25)26(29)18-33)30(34)24-11-12-27-28(16-24)36-19-35-27;1-21-6-5-7-25(14-21)23-8-10-24(11-9-23)28-26-18-31(17-22-15-29-20-30-16-22)12-3-4-13-32(26)27(28)19-33-2;1-18-7-6-8-22(15-18)20-9-11-21(12-10-20)25-23-16-26(19(2)28)13-4-5-14-27(23)24(25)17-29-3/h5-13,16-17,26-27,30H,3-4,14-15,18-20H2,1-2H3;4-12,15-16,25-26,29,33H,2-3,13-14,17-19H2,1H3;5-11,14-16,20,26-28H,3-4,12-13,17-19H2,1-2H3;6-12,15,23-25H,4-5,13-14,16-17H2,1-3H3/t26-,27+,30-;25-,26+,29-;26-,27+,28-;23-,24+,25-/m0000/s1. The fourth-order valence-corrected chi connectivity index (χ4v) is 23.1. The van der Waals surface area contributed by atoms with E-state index in [0.717, 1.165) is 117 Å². The van der Waals surface area contributed by atoms with Gasteiger partial charge >= 0.3 is 0 Å². The lowest BCUT2D eigenvalue weighted by atomic mass is 9.74. The maximum absolute atomic E-state index is 13.6. The number of aromatic nitrogens is 2. The number of benzene rings is 10. The first-order chi connectivity index (χ1) is 66.0. The third-order valence-corrected chi connectivity index (χ3v) is 29.9. The number of aliphatic hydroxyl groups is 1. The Labute approximate surface area is 797 Å². The van der Waals surface area contributed by atoms with E-state index < -0.39 is 0 Å². The monoisotopic (exact) mass is 1820 g/mol. The molecule has 12 atom stereocenters. The van der Waals surface area contributed by atoms with Crippen molar-refractivity contribution in [3.05, 3.63) is 310 Å². The van der Waals surface area contributed by atoms with Crippen LogP contribution < -0.4 is 18.9 Å². The number of nitrogens with zero attached hydrogens (tertiary/aromatic N) is 10. The van der Waals surface area contributed by atoms with Gasteiger partial charge in [0.15, 0.2) is 23.0 Å². The average Bonchev–Trinajstić information content (AvgIpc) is 1.56. The van der Waals surface area contributed by atoms with Gasteiger partial charge in [-0.25, -0.2) is 9.97 Å². The Bertz CT molecular complexity index is 5830. The van der Waals surface area contributed by atoms with Crippen molar-refractivity contribution < 1.29 is 52.6 Å². The molecule has 0 aliphatic carbocycles. The molecule has 704 valence electrons. The number of carbonyl (C=O) groups excluding carboxylic acids is 3. The molecule has 0 radical (unpaired) electrons. The normalized spacial score (nSPS) is 23.8. The van der Waals surface area contributed by atoms with Gasteiger partial charge in [0.1, 0.15) is 6.33 Å². The number of rotatable bonds is 19. The quantitative estimate of drug-likeness (QED) is 0.0804. The van der Waals surface area contributed by atoms with E-state index in [-0.39, 0.29) is 62.0 Å². The SMILES string of the molecule is COC[C@@H]1[C@@H](c2ccc(-c3cccc(C)c3)cc2)[C@@H]2CN(C(=O)c3ccc4c(c3)OCO4)CCCCN12.COC[C@@H]1[C@@H](c2ccc(-c3cccc(C)c3)cc2)[C@@H]2CN(C(C)=O)CCCCN12.COC[C@@H]1[C@@H](c2ccc(-c3cccc(C)c3)cc2)[C@@H]2CN(Cc3cncnc3)CCCCN12.Cc1cccc(-c2ccc([C@@H]3[C@@H](CO)N4CCCCN(C(=O)c5ccc6c(c5)OCO6)C[C@@H]34)cc2)c1. The van der Waals surface area contributed by atoms with Crippen LogP contribution in [0.3, 0.4) is 0 Å². The summed E-state index contributed by atoms with van der Waals surface area (Å²) < 4.78 is 38.8. The first-order valence-electron chi connectivity index (χ1n) is 48.9. The highest BCUT2D eigenvalue weighted by Crippen LogP contribution is 2.49. The van der Waals surface area contributed by atoms with Crippen molar-refractivity contribution in [2.75, 3.05) is 140 Å². The van der Waals surface area contributed by atoms with Crippen LogP contribution in [0.15, 0.2) is 249 Å². The fraction of sp³-hybridized carbons (Fsp3) is 0.412. The van der Waals surface area contributed by atoms with Gasteiger partial charge in [-0.05, 0) is 215 Å². The van der Waals surface area contributed by atoms with Crippen molar-refractivity contribution in [2.45, 2.75) is 165 Å². The van der Waals surface area contributed by atoms with Crippen LogP contribution in [0, 0.1) is 27.7 Å². The Balaban J connectivity index is 0.000000121. The van der Waals surface area contributed by atoms with Crippen molar-refractivity contribution in [1.29, 1.82) is 0 Å². The van der Waals surface area contributed by atoms with Gasteiger partial charge < -0.3 is 53.0 Å². The van der Waals surface area contributed by atoms with Crippen molar-refractivity contribution >= 4 is 17.7 Å². The Hall–Kier alpha value is -11.5. The van der Waals surface area contributed by atoms with Crippen molar-refractivity contribution in [3.63, 3.8) is 0 Å². The Morgan fingerprint density at radius 3 is 1.00 bits per heavy atom. The smallest absolute Gasteiger partial charge is 0.254 e. The van der Waals surface area contributed by atoms with Gasteiger partial charge in [0.25, 0.3) is 11.8 Å². The van der Waals surface area contributed by atoms with Crippen LogP contribution in [0.25, 0.3) is 44.5 Å². The molecule has 10 aliphatic heterocycles. The Kier molecular flexibility index (Phi) is 30.4. The summed E-state index contributed by atoms with van der Waals surface area (Å²) in [6.45, 7) is 24.9. The summed E-state index contributed by atoms with van der Waals surface area (Å²) in [4.78, 5) is 66.5. The number of hydrogen-bond acceptors (Lipinski definition) is 18. The molecule has 11 aromatic rings. The lowest BCUT2D eigenvalue weighted by Crippen LogP contribution is -2.68. The molecule has 1 aromatic heterocycles. The Morgan fingerprint density at radius 2 is 0.659 bits per heavy atom. The molecule has 0 spiro atoms. The van der Waals surface area contributed by atoms with E-state index in [0.29, 0.717) is 102 Å². The maximum atomic E-state index is 13.6. The number of aryl methyl sites for hydroxylation is 4. The second-order valence-electron chi connectivity index (χ2n) is 38.5. The number of hydrogen-bond donors (Lipinski definition) is 1. The third kappa shape index (κ3) is 21.2. The minimum Gasteiger partial charge on any atom is -0.454 e. The predicted octanol–water partition coefficient (Wildman–Crippen LogP) is 18.2. The largest absolute Gasteiger partial charge is 0.454 e. The first-order valence-corrected chi connectivity index (χ1v) is 48.9. The van der Waals surface area contributed by atoms with Gasteiger partial charge in [-0.3, -0.25) is 38.9 Å². The van der Waals surface area contributed by atoms with Crippen LogP contribution in [0.4, 0.5) is 0 Å². The van der Waals surface area contributed by atoms with E-state index in [2.05, 4.69) is 256 Å². The minimum absolute atomic E-state index is 0.0242. The van der Waals surface area contributed by atoms with Gasteiger partial charge in [-0.15, -0.1) is 0 Å². The van der Waals surface area contributed by atoms with E-state index in [4.69, 9.17) is 33.2 Å². The summed E-state index contributed by atoms with van der Waals surface area (Å²) in [6, 6.07) is 84.1. The highest BCUT2D eigenvalue weighted by atomic mass is 16.7. The maximum Gasteiger partial charge on any atom is 0.254 e. The molecule has 11 heterocycles. The summed E-state index contributed by atoms with van der Waals surface area (Å²) in [5, 5.41) is 10.3. The van der Waals surface area contributed by atoms with Crippen LogP contribution >= 0.6 is 0 Å². The summed E-state index contributed by atoms with van der Waals surface area (Å²) in [5.41, 5.74) is 22.8. The Morgan fingerprint density at radius 1 is 0.348 bits per heavy atom. The zero-order valence-electron chi connectivity index (χ0n) is 79.7. The van der Waals surface area contributed by atoms with E-state index in [1.54, 1.807) is 33.5 Å². The number of fused-ring (bicyclic) bond motifs is 6. The van der Waals surface area contributed by atoms with Crippen LogP contribution in [0.2, 0.25) is 0 Å². The van der Waals surface area contributed by atoms with Gasteiger partial charge in [0.2, 0.25) is 19.5 Å². The van der Waals surface area contributed by atoms with Crippen LogP contribution in [0.1, 0.15) is 153 Å². The lowest BCUT2D eigenvalue weighted by molar-refractivity contribution is -0.134. The molecule has 21 nitrogen and oxygen atoms in total. The number of amides is 3. The molecule has 10 aliphatic rings. The molecular weight excluding hydrogens is 1690 g/mol. The van der Waals surface area contributed by atoms with Gasteiger partial charge in [0, 0.05) is 182 Å².